The first-order chi connectivity index (χ1) is 22.0. The van der Waals surface area contributed by atoms with Crippen LogP contribution in [-0.4, -0.2) is 16.6 Å². The molecule has 1 aliphatic rings. The number of benzene rings is 2. The molecule has 46 heavy (non-hydrogen) atoms. The van der Waals surface area contributed by atoms with Gasteiger partial charge in [-0.2, -0.15) is 0 Å². The van der Waals surface area contributed by atoms with E-state index in [9.17, 15) is 4.79 Å². The van der Waals surface area contributed by atoms with Crippen LogP contribution in [0.2, 0.25) is 0 Å². The van der Waals surface area contributed by atoms with Crippen LogP contribution >= 0.6 is 0 Å². The molecule has 1 aromatic heterocycles. The van der Waals surface area contributed by atoms with Crippen molar-refractivity contribution in [2.24, 2.45) is 17.8 Å². The summed E-state index contributed by atoms with van der Waals surface area (Å²) in [5.74, 6) is 3.66. The number of hydrogen-bond donors (Lipinski definition) is 0. The van der Waals surface area contributed by atoms with E-state index in [1.165, 1.54) is 62.5 Å². The molecule has 0 radical (unpaired) electrons. The number of aromatic nitrogens is 1. The van der Waals surface area contributed by atoms with E-state index in [1.54, 1.807) is 12.3 Å². The summed E-state index contributed by atoms with van der Waals surface area (Å²) in [5.41, 5.74) is 6.63. The number of fused-ring (bicyclic) bond motifs is 1. The first-order valence-corrected chi connectivity index (χ1v) is 18.0. The minimum absolute atomic E-state index is 0.162. The lowest BCUT2D eigenvalue weighted by atomic mass is 9.83. The Morgan fingerprint density at radius 1 is 0.826 bits per heavy atom. The van der Waals surface area contributed by atoms with Crippen molar-refractivity contribution in [3.63, 3.8) is 0 Å². The summed E-state index contributed by atoms with van der Waals surface area (Å²) in [5, 5.41) is 0. The zero-order chi connectivity index (χ0) is 33.3. The van der Waals surface area contributed by atoms with Crippen LogP contribution in [0.15, 0.2) is 48.7 Å². The molecule has 3 atom stereocenters. The number of nitrogens with zero attached hydrogens (tertiary/aromatic N) is 1. The summed E-state index contributed by atoms with van der Waals surface area (Å²) < 4.78 is 12.8. The third-order valence-corrected chi connectivity index (χ3v) is 10.3. The van der Waals surface area contributed by atoms with Gasteiger partial charge in [-0.05, 0) is 111 Å². The van der Waals surface area contributed by atoms with E-state index in [1.807, 2.05) is 31.2 Å². The average molecular weight is 626 g/mol. The topological polar surface area (TPSA) is 48.4 Å². The molecular formula is C42H59NO3. The average Bonchev–Trinajstić information content (AvgIpc) is 3.02. The van der Waals surface area contributed by atoms with Gasteiger partial charge < -0.3 is 9.47 Å². The molecule has 2 heterocycles. The van der Waals surface area contributed by atoms with Crippen molar-refractivity contribution in [3.8, 4) is 11.5 Å². The van der Waals surface area contributed by atoms with E-state index in [4.69, 9.17) is 9.47 Å². The van der Waals surface area contributed by atoms with Crippen molar-refractivity contribution in [3.05, 3.63) is 87.7 Å². The zero-order valence-electron chi connectivity index (χ0n) is 30.0. The molecule has 0 fully saturated rings. The van der Waals surface area contributed by atoms with Crippen LogP contribution in [0.25, 0.3) is 0 Å². The van der Waals surface area contributed by atoms with Crippen molar-refractivity contribution in [2.75, 3.05) is 0 Å². The molecule has 2 aromatic carbocycles. The van der Waals surface area contributed by atoms with Gasteiger partial charge in [0.1, 0.15) is 22.8 Å². The molecule has 1 aliphatic heterocycles. The summed E-state index contributed by atoms with van der Waals surface area (Å²) in [6.07, 6.45) is 16.2. The maximum atomic E-state index is 13.2. The minimum atomic E-state index is -0.423. The molecule has 0 aliphatic carbocycles. The molecule has 0 N–H and O–H groups in total. The van der Waals surface area contributed by atoms with Crippen molar-refractivity contribution in [1.29, 1.82) is 0 Å². The monoisotopic (exact) mass is 625 g/mol. The molecule has 0 amide bonds. The molecule has 4 nitrogen and oxygen atoms in total. The second-order valence-electron chi connectivity index (χ2n) is 15.0. The van der Waals surface area contributed by atoms with Crippen LogP contribution in [0.1, 0.15) is 143 Å². The predicted molar refractivity (Wildman–Crippen MR) is 191 cm³/mol. The maximum Gasteiger partial charge on any atom is 0.362 e. The number of esters is 1. The number of ether oxygens (including phenoxy) is 2. The lowest BCUT2D eigenvalue weighted by Crippen LogP contribution is -2.37. The van der Waals surface area contributed by atoms with Crippen LogP contribution < -0.4 is 9.47 Å². The van der Waals surface area contributed by atoms with Gasteiger partial charge in [0.15, 0.2) is 0 Å². The number of carbonyl (C=O) groups excluding carboxylic acids is 1. The number of hydrogen-bond acceptors (Lipinski definition) is 4. The zero-order valence-corrected chi connectivity index (χ0v) is 30.0. The fourth-order valence-corrected chi connectivity index (χ4v) is 7.04. The summed E-state index contributed by atoms with van der Waals surface area (Å²) in [6, 6.07) is 14.0. The summed E-state index contributed by atoms with van der Waals surface area (Å²) >= 11 is 0. The summed E-state index contributed by atoms with van der Waals surface area (Å²) in [4.78, 5) is 17.6. The van der Waals surface area contributed by atoms with Crippen LogP contribution in [-0.2, 0) is 12.8 Å². The molecule has 0 saturated heterocycles. The maximum absolute atomic E-state index is 13.2. The van der Waals surface area contributed by atoms with E-state index >= 15 is 0 Å². The van der Waals surface area contributed by atoms with Gasteiger partial charge in [0, 0.05) is 11.8 Å². The van der Waals surface area contributed by atoms with Crippen LogP contribution in [0, 0.1) is 38.5 Å². The number of rotatable bonds is 16. The van der Waals surface area contributed by atoms with Crippen LogP contribution in [0.4, 0.5) is 0 Å². The Morgan fingerprint density at radius 2 is 1.48 bits per heavy atom. The van der Waals surface area contributed by atoms with Gasteiger partial charge in [-0.1, -0.05) is 109 Å². The normalized spacial score (nSPS) is 17.3. The van der Waals surface area contributed by atoms with Gasteiger partial charge >= 0.3 is 5.97 Å². The number of carbonyl (C=O) groups is 1. The quantitative estimate of drug-likeness (QED) is 0.117. The van der Waals surface area contributed by atoms with E-state index in [-0.39, 0.29) is 5.60 Å². The van der Waals surface area contributed by atoms with Crippen molar-refractivity contribution < 1.29 is 14.3 Å². The summed E-state index contributed by atoms with van der Waals surface area (Å²) in [6.45, 7) is 18.0. The van der Waals surface area contributed by atoms with Gasteiger partial charge in [-0.25, -0.2) is 9.78 Å². The third kappa shape index (κ3) is 9.93. The SMILES string of the molecule is Cc1c(C)c2c(c(C)c1OC(=O)c1ccc(Cc3ccccc3)cn1)CCC(C)(CCCC(C)CCCC(C)CCCC(C)C)O2. The molecule has 0 bridgehead atoms. The molecular weight excluding hydrogens is 566 g/mol. The number of pyridine rings is 1. The van der Waals surface area contributed by atoms with E-state index in [2.05, 4.69) is 65.6 Å². The van der Waals surface area contributed by atoms with Crippen molar-refractivity contribution >= 4 is 5.97 Å². The Labute approximate surface area is 279 Å². The van der Waals surface area contributed by atoms with Gasteiger partial charge in [-0.3, -0.25) is 0 Å². The van der Waals surface area contributed by atoms with Crippen molar-refractivity contribution in [2.45, 2.75) is 138 Å². The Bertz CT molecular complexity index is 1410. The highest BCUT2D eigenvalue weighted by molar-refractivity contribution is 5.89. The molecule has 250 valence electrons. The third-order valence-electron chi connectivity index (χ3n) is 10.3. The molecule has 4 heteroatoms. The van der Waals surface area contributed by atoms with Gasteiger partial charge in [0.2, 0.25) is 0 Å². The second-order valence-corrected chi connectivity index (χ2v) is 15.0. The molecule has 4 rings (SSSR count). The first-order valence-electron chi connectivity index (χ1n) is 18.0. The highest BCUT2D eigenvalue weighted by Crippen LogP contribution is 2.45. The second kappa shape index (κ2) is 16.6. The molecule has 0 spiro atoms. The van der Waals surface area contributed by atoms with Gasteiger partial charge in [-0.15, -0.1) is 0 Å². The minimum Gasteiger partial charge on any atom is -0.487 e. The fourth-order valence-electron chi connectivity index (χ4n) is 7.04. The molecule has 0 saturated carbocycles. The molecule has 3 aromatic rings. The Balaban J connectivity index is 1.29. The Morgan fingerprint density at radius 3 is 2.11 bits per heavy atom. The van der Waals surface area contributed by atoms with E-state index in [0.29, 0.717) is 11.4 Å². The summed E-state index contributed by atoms with van der Waals surface area (Å²) in [7, 11) is 0. The highest BCUT2D eigenvalue weighted by atomic mass is 16.5. The van der Waals surface area contributed by atoms with Crippen LogP contribution in [0.5, 0.6) is 11.5 Å². The standard InChI is InChI=1S/C42H59NO3/c1-29(2)15-12-16-30(3)17-13-18-31(4)19-14-25-42(8)26-24-37-34(7)39(32(5)33(6)40(37)46-42)45-41(44)38-23-22-36(28-43-38)27-35-20-10-9-11-21-35/h9-11,20-23,28-31H,12-19,24-27H2,1-8H3. The molecule has 3 unspecified atom stereocenters. The first kappa shape index (κ1) is 35.7. The largest absolute Gasteiger partial charge is 0.487 e. The fraction of sp³-hybridized carbons (Fsp3) is 0.571. The van der Waals surface area contributed by atoms with E-state index < -0.39 is 5.97 Å². The van der Waals surface area contributed by atoms with Gasteiger partial charge in [0.05, 0.1) is 0 Å². The lowest BCUT2D eigenvalue weighted by Gasteiger charge is -2.38. The smallest absolute Gasteiger partial charge is 0.362 e. The lowest BCUT2D eigenvalue weighted by molar-refractivity contribution is 0.0508. The Kier molecular flexibility index (Phi) is 12.9. The van der Waals surface area contributed by atoms with Crippen molar-refractivity contribution in [1.82, 2.24) is 4.98 Å². The predicted octanol–water partition coefficient (Wildman–Crippen LogP) is 11.3. The van der Waals surface area contributed by atoms with Crippen LogP contribution in [0.3, 0.4) is 0 Å². The Hall–Kier alpha value is -3.14. The highest BCUT2D eigenvalue weighted by Gasteiger charge is 2.35. The van der Waals surface area contributed by atoms with Gasteiger partial charge in [0.25, 0.3) is 0 Å². The van der Waals surface area contributed by atoms with E-state index in [0.717, 1.165) is 71.4 Å².